The largest absolute Gasteiger partial charge is 0.425 e. The van der Waals surface area contributed by atoms with Gasteiger partial charge < -0.3 is 45.3 Å². The lowest BCUT2D eigenvalue weighted by atomic mass is 10.4. The summed E-state index contributed by atoms with van der Waals surface area (Å²) in [5.74, 6) is 0. The molecule has 0 unspecified atom stereocenters. The van der Waals surface area contributed by atoms with E-state index in [2.05, 4.69) is 6.92 Å². The molecule has 0 aromatic heterocycles. The van der Waals surface area contributed by atoms with Crippen LogP contribution in [-0.2, 0) is 45.3 Å². The van der Waals surface area contributed by atoms with Crippen LogP contribution in [0.15, 0.2) is 0 Å². The maximum Gasteiger partial charge on any atom is 0.303 e. The molecule has 1 heterocycles. The first-order valence-corrected chi connectivity index (χ1v) is 21.7. The van der Waals surface area contributed by atoms with Crippen molar-refractivity contribution in [2.75, 3.05) is 0 Å². The molecular formula is C4H30O11Si11. The average molecular weight is 563 g/mol. The van der Waals surface area contributed by atoms with E-state index in [1.54, 1.807) is 0 Å². The normalized spacial score (nSPS) is 34.3. The molecule has 0 atom stereocenters. The van der Waals surface area contributed by atoms with Gasteiger partial charge in [0.1, 0.15) is 0 Å². The van der Waals surface area contributed by atoms with E-state index in [1.165, 1.54) is 0 Å². The third kappa shape index (κ3) is 18.0. The molecule has 0 radical (unpaired) electrons. The van der Waals surface area contributed by atoms with Crippen molar-refractivity contribution in [3.8, 4) is 0 Å². The Morgan fingerprint density at radius 1 is 0.500 bits per heavy atom. The zero-order chi connectivity index (χ0) is 18.5. The van der Waals surface area contributed by atoms with Gasteiger partial charge in [-0.2, -0.15) is 0 Å². The van der Waals surface area contributed by atoms with Crippen LogP contribution >= 0.6 is 0 Å². The molecule has 1 fully saturated rings. The first-order chi connectivity index (χ1) is 12.9. The maximum absolute atomic E-state index is 5.90. The summed E-state index contributed by atoms with van der Waals surface area (Å²) in [6, 6.07) is 1.01. The third-order valence-electron chi connectivity index (χ3n) is 2.80. The van der Waals surface area contributed by atoms with Gasteiger partial charge in [0.25, 0.3) is 100 Å². The average Bonchev–Trinajstić information content (AvgIpc) is 2.65. The van der Waals surface area contributed by atoms with Gasteiger partial charge in [0.15, 0.2) is 0 Å². The van der Waals surface area contributed by atoms with Crippen LogP contribution < -0.4 is 0 Å². The first-order valence-electron chi connectivity index (χ1n) is 8.36. The summed E-state index contributed by atoms with van der Waals surface area (Å²) in [5.41, 5.74) is 0. The van der Waals surface area contributed by atoms with Crippen molar-refractivity contribution < 1.29 is 45.3 Å². The quantitative estimate of drug-likeness (QED) is 0.306. The smallest absolute Gasteiger partial charge is 0.303 e. The van der Waals surface area contributed by atoms with Crippen molar-refractivity contribution in [2.45, 2.75) is 25.8 Å². The summed E-state index contributed by atoms with van der Waals surface area (Å²) < 4.78 is 61.2. The molecule has 0 spiro atoms. The molecule has 0 aromatic rings. The highest BCUT2D eigenvalue weighted by Gasteiger charge is 2.13. The van der Waals surface area contributed by atoms with Crippen LogP contribution in [-0.4, -0.2) is 109 Å². The van der Waals surface area contributed by atoms with Crippen LogP contribution in [0.3, 0.4) is 0 Å². The lowest BCUT2D eigenvalue weighted by molar-refractivity contribution is 0.340. The van der Waals surface area contributed by atoms with Gasteiger partial charge in [-0.15, -0.1) is 0 Å². The van der Waals surface area contributed by atoms with Gasteiger partial charge in [0.05, 0.1) is 0 Å². The van der Waals surface area contributed by atoms with E-state index in [0.717, 1.165) is 18.9 Å². The van der Waals surface area contributed by atoms with Crippen LogP contribution in [0.1, 0.15) is 19.8 Å². The fourth-order valence-electron chi connectivity index (χ4n) is 1.61. The van der Waals surface area contributed by atoms with Gasteiger partial charge in [-0.1, -0.05) is 19.8 Å². The Labute approximate surface area is 180 Å². The minimum Gasteiger partial charge on any atom is -0.425 e. The summed E-state index contributed by atoms with van der Waals surface area (Å²) in [7, 11) is -11.4. The summed E-state index contributed by atoms with van der Waals surface area (Å²) in [4.78, 5) is 0. The molecule has 1 aliphatic rings. The molecular weight excluding hydrogens is 533 g/mol. The first kappa shape index (κ1) is 26.0. The van der Waals surface area contributed by atoms with Crippen LogP contribution in [0.4, 0.5) is 0 Å². The molecule has 0 amide bonds. The van der Waals surface area contributed by atoms with E-state index in [4.69, 9.17) is 45.3 Å². The van der Waals surface area contributed by atoms with Crippen LogP contribution in [0, 0.1) is 0 Å². The van der Waals surface area contributed by atoms with Crippen molar-refractivity contribution in [2.24, 2.45) is 0 Å². The molecule has 0 saturated carbocycles. The zero-order valence-electron chi connectivity index (χ0n) is 15.3. The zero-order valence-corrected chi connectivity index (χ0v) is 30.6. The van der Waals surface area contributed by atoms with Crippen molar-refractivity contribution in [1.82, 2.24) is 0 Å². The Morgan fingerprint density at radius 3 is 1.12 bits per heavy atom. The molecule has 1 rings (SSSR count). The molecule has 11 nitrogen and oxygen atoms in total. The summed E-state index contributed by atoms with van der Waals surface area (Å²) in [6.07, 6.45) is 2.26. The molecule has 1 aliphatic heterocycles. The summed E-state index contributed by atoms with van der Waals surface area (Å²) in [6.45, 7) is 2.17. The lowest BCUT2D eigenvalue weighted by Crippen LogP contribution is -2.30. The molecule has 22 heteroatoms. The van der Waals surface area contributed by atoms with Crippen LogP contribution in [0.5, 0.6) is 0 Å². The highest BCUT2D eigenvalue weighted by Crippen LogP contribution is 2.03. The SMILES string of the molecule is CCCC[SiH]1O[SiH2]O[SiH2]O[SiH2]O[SiH2]O[SiH2]O[SiH2]O[SiH2]O[SiH2]O[SiH2]O[SiH2]O1. The highest BCUT2D eigenvalue weighted by molar-refractivity contribution is 6.58. The predicted molar refractivity (Wildman–Crippen MR) is 124 cm³/mol. The van der Waals surface area contributed by atoms with E-state index in [9.17, 15) is 0 Å². The monoisotopic (exact) mass is 562 g/mol. The molecule has 156 valence electrons. The fraction of sp³-hybridized carbons (Fsp3) is 1.00. The number of rotatable bonds is 3. The van der Waals surface area contributed by atoms with Crippen molar-refractivity contribution in [3.05, 3.63) is 0 Å². The summed E-state index contributed by atoms with van der Waals surface area (Å²) >= 11 is 0. The predicted octanol–water partition coefficient (Wildman–Crippen LogP) is -8.81. The maximum atomic E-state index is 5.90. The van der Waals surface area contributed by atoms with Gasteiger partial charge in [-0.05, 0) is 6.04 Å². The minimum absolute atomic E-state index is 0.957. The number of unbranched alkanes of at least 4 members (excludes halogenated alkanes) is 1. The van der Waals surface area contributed by atoms with Crippen molar-refractivity contribution in [1.29, 1.82) is 0 Å². The second-order valence-corrected chi connectivity index (χ2v) is 26.1. The molecule has 0 bridgehead atoms. The highest BCUT2D eigenvalue weighted by atomic mass is 28.4. The van der Waals surface area contributed by atoms with Gasteiger partial charge in [-0.25, -0.2) is 0 Å². The lowest BCUT2D eigenvalue weighted by Gasteiger charge is -2.17. The Kier molecular flexibility index (Phi) is 21.6. The standard InChI is InChI=1S/C4H30O11Si11/c1-2-3-4-26-14-24-12-22-10-20-8-18-6-16-5-17-7-19-9-21-11-23-13-25-15-26/h26H,2-4,16-25H2,1H3. The van der Waals surface area contributed by atoms with E-state index in [1.807, 2.05) is 0 Å². The van der Waals surface area contributed by atoms with E-state index < -0.39 is 109 Å². The Morgan fingerprint density at radius 2 is 0.808 bits per heavy atom. The topological polar surface area (TPSA) is 102 Å². The van der Waals surface area contributed by atoms with Crippen molar-refractivity contribution >= 4 is 109 Å². The number of hydrogen-bond donors (Lipinski definition) is 0. The molecule has 0 aromatic carbocycles. The van der Waals surface area contributed by atoms with Crippen molar-refractivity contribution in [3.63, 3.8) is 0 Å². The van der Waals surface area contributed by atoms with Crippen LogP contribution in [0.25, 0.3) is 0 Å². The van der Waals surface area contributed by atoms with E-state index in [-0.39, 0.29) is 0 Å². The minimum atomic E-state index is -1.65. The van der Waals surface area contributed by atoms with Gasteiger partial charge >= 0.3 is 9.28 Å². The molecule has 0 N–H and O–H groups in total. The van der Waals surface area contributed by atoms with Gasteiger partial charge in [0, 0.05) is 0 Å². The summed E-state index contributed by atoms with van der Waals surface area (Å²) in [5, 5.41) is 0. The number of hydrogen-bond acceptors (Lipinski definition) is 11. The Balaban J connectivity index is 2.19. The molecule has 0 aliphatic carbocycles. The van der Waals surface area contributed by atoms with Crippen LogP contribution in [0.2, 0.25) is 6.04 Å². The van der Waals surface area contributed by atoms with Gasteiger partial charge in [-0.3, -0.25) is 0 Å². The Bertz CT molecular complexity index is 273. The van der Waals surface area contributed by atoms with E-state index >= 15 is 0 Å². The van der Waals surface area contributed by atoms with Gasteiger partial charge in [0.2, 0.25) is 0 Å². The second kappa shape index (κ2) is 21.6. The third-order valence-corrected chi connectivity index (χ3v) is 19.7. The Hall–Kier alpha value is 1.95. The molecule has 26 heavy (non-hydrogen) atoms. The second-order valence-electron chi connectivity index (χ2n) is 4.92. The molecule has 1 saturated heterocycles. The van der Waals surface area contributed by atoms with E-state index in [0.29, 0.717) is 0 Å². The fourth-order valence-corrected chi connectivity index (χ4v) is 23.4.